The van der Waals surface area contributed by atoms with Crippen molar-refractivity contribution in [2.75, 3.05) is 23.3 Å². The quantitative estimate of drug-likeness (QED) is 0.492. The number of carbonyl (C=O) groups excluding carboxylic acids is 2. The topological polar surface area (TPSA) is 135 Å². The monoisotopic (exact) mass is 407 g/mol. The number of hydrogen-bond acceptors (Lipinski definition) is 6. The summed E-state index contributed by atoms with van der Waals surface area (Å²) in [7, 11) is 0. The zero-order chi connectivity index (χ0) is 21.3. The third kappa shape index (κ3) is 3.55. The molecule has 152 valence electrons. The minimum Gasteiger partial charge on any atom is -0.336 e. The Bertz CT molecular complexity index is 1140. The van der Waals surface area contributed by atoms with Gasteiger partial charge in [0.05, 0.1) is 16.3 Å². The third-order valence-corrected chi connectivity index (χ3v) is 4.69. The molecule has 2 aromatic carbocycles. The summed E-state index contributed by atoms with van der Waals surface area (Å²) in [5.74, 6) is -0.462. The number of urea groups is 1. The predicted octanol–water partition coefficient (Wildman–Crippen LogP) is 2.27. The van der Waals surface area contributed by atoms with Crippen LogP contribution in [0.2, 0.25) is 0 Å². The summed E-state index contributed by atoms with van der Waals surface area (Å²) in [6.45, 7) is 2.84. The molecule has 1 aliphatic heterocycles. The summed E-state index contributed by atoms with van der Waals surface area (Å²) >= 11 is 0. The van der Waals surface area contributed by atoms with E-state index in [-0.39, 0.29) is 17.4 Å². The first-order valence-electron chi connectivity index (χ1n) is 9.08. The van der Waals surface area contributed by atoms with E-state index in [1.54, 1.807) is 42.2 Å². The van der Waals surface area contributed by atoms with Gasteiger partial charge in [-0.25, -0.2) is 9.48 Å². The van der Waals surface area contributed by atoms with Crippen molar-refractivity contribution in [1.82, 2.24) is 20.3 Å². The van der Waals surface area contributed by atoms with E-state index < -0.39 is 10.8 Å². The Kier molecular flexibility index (Phi) is 4.84. The molecule has 2 heterocycles. The number of aromatic nitrogens is 3. The van der Waals surface area contributed by atoms with E-state index in [1.165, 1.54) is 22.9 Å². The summed E-state index contributed by atoms with van der Waals surface area (Å²) in [5.41, 5.74) is 2.16. The zero-order valence-electron chi connectivity index (χ0n) is 15.9. The number of nitro benzene ring substituents is 1. The summed E-state index contributed by atoms with van der Waals surface area (Å²) < 4.78 is 1.37. The van der Waals surface area contributed by atoms with Crippen LogP contribution in [0.5, 0.6) is 0 Å². The highest BCUT2D eigenvalue weighted by atomic mass is 16.6. The fourth-order valence-corrected chi connectivity index (χ4v) is 3.16. The van der Waals surface area contributed by atoms with Crippen LogP contribution in [0, 0.1) is 17.0 Å². The summed E-state index contributed by atoms with van der Waals surface area (Å²) in [6.07, 6.45) is 0. The van der Waals surface area contributed by atoms with Gasteiger partial charge in [-0.15, -0.1) is 5.10 Å². The molecule has 0 bridgehead atoms. The summed E-state index contributed by atoms with van der Waals surface area (Å²) in [5, 5.41) is 24.3. The van der Waals surface area contributed by atoms with E-state index in [2.05, 4.69) is 20.9 Å². The number of nitrogens with one attached hydrogen (secondary N) is 2. The molecule has 1 aliphatic rings. The minimum atomic E-state index is -0.501. The van der Waals surface area contributed by atoms with Crippen molar-refractivity contribution in [2.45, 2.75) is 6.92 Å². The molecule has 1 saturated heterocycles. The highest BCUT2D eigenvalue weighted by Gasteiger charge is 2.22. The number of rotatable bonds is 5. The molecule has 0 aliphatic carbocycles. The maximum atomic E-state index is 12.6. The second kappa shape index (κ2) is 7.62. The lowest BCUT2D eigenvalue weighted by Gasteiger charge is -2.14. The van der Waals surface area contributed by atoms with Crippen molar-refractivity contribution in [3.63, 3.8) is 0 Å². The van der Waals surface area contributed by atoms with Crippen molar-refractivity contribution < 1.29 is 14.5 Å². The normalized spacial score (nSPS) is 13.2. The van der Waals surface area contributed by atoms with Gasteiger partial charge in [-0.3, -0.25) is 19.8 Å². The van der Waals surface area contributed by atoms with Crippen LogP contribution in [0.1, 0.15) is 16.2 Å². The lowest BCUT2D eigenvalue weighted by Crippen LogP contribution is -2.27. The van der Waals surface area contributed by atoms with Gasteiger partial charge >= 0.3 is 6.03 Å². The van der Waals surface area contributed by atoms with E-state index in [9.17, 15) is 19.7 Å². The van der Waals surface area contributed by atoms with E-state index in [1.807, 2.05) is 0 Å². The SMILES string of the molecule is Cc1c(C(=O)Nc2ccc(N3CCNC3=O)cc2)nnn1-c1cccc([N+](=O)[O-])c1. The molecular formula is C19H17N7O4. The first-order chi connectivity index (χ1) is 14.4. The van der Waals surface area contributed by atoms with Crippen LogP contribution in [0.4, 0.5) is 21.9 Å². The van der Waals surface area contributed by atoms with Crippen LogP contribution in [0.3, 0.4) is 0 Å². The molecule has 2 N–H and O–H groups in total. The molecule has 1 aromatic heterocycles. The van der Waals surface area contributed by atoms with Gasteiger partial charge in [0, 0.05) is 36.6 Å². The summed E-state index contributed by atoms with van der Waals surface area (Å²) in [6, 6.07) is 12.6. The summed E-state index contributed by atoms with van der Waals surface area (Å²) in [4.78, 5) is 36.5. The molecule has 3 amide bonds. The van der Waals surface area contributed by atoms with Crippen LogP contribution >= 0.6 is 0 Å². The second-order valence-electron chi connectivity index (χ2n) is 6.60. The maximum Gasteiger partial charge on any atom is 0.321 e. The largest absolute Gasteiger partial charge is 0.336 e. The van der Waals surface area contributed by atoms with E-state index >= 15 is 0 Å². The Hall–Kier alpha value is -4.28. The van der Waals surface area contributed by atoms with Crippen LogP contribution in [0.15, 0.2) is 48.5 Å². The Morgan fingerprint density at radius 1 is 1.20 bits per heavy atom. The van der Waals surface area contributed by atoms with E-state index in [0.29, 0.717) is 30.2 Å². The Morgan fingerprint density at radius 3 is 2.63 bits per heavy atom. The van der Waals surface area contributed by atoms with Crippen molar-refractivity contribution in [1.29, 1.82) is 0 Å². The van der Waals surface area contributed by atoms with Gasteiger partial charge < -0.3 is 10.6 Å². The number of nitro groups is 1. The number of non-ortho nitro benzene ring substituents is 1. The Balaban J connectivity index is 1.51. The number of anilines is 2. The van der Waals surface area contributed by atoms with Crippen molar-refractivity contribution in [3.05, 3.63) is 70.0 Å². The van der Waals surface area contributed by atoms with Crippen LogP contribution in [-0.4, -0.2) is 44.9 Å². The molecule has 0 radical (unpaired) electrons. The van der Waals surface area contributed by atoms with E-state index in [0.717, 1.165) is 5.69 Å². The number of carbonyl (C=O) groups is 2. The van der Waals surface area contributed by atoms with E-state index in [4.69, 9.17) is 0 Å². The van der Waals surface area contributed by atoms with Gasteiger partial charge in [0.25, 0.3) is 11.6 Å². The van der Waals surface area contributed by atoms with Crippen LogP contribution < -0.4 is 15.5 Å². The zero-order valence-corrected chi connectivity index (χ0v) is 15.9. The maximum absolute atomic E-state index is 12.6. The predicted molar refractivity (Wildman–Crippen MR) is 108 cm³/mol. The molecule has 0 spiro atoms. The molecule has 3 aromatic rings. The van der Waals surface area contributed by atoms with Gasteiger partial charge in [0.15, 0.2) is 5.69 Å². The molecule has 11 nitrogen and oxygen atoms in total. The van der Waals surface area contributed by atoms with Gasteiger partial charge in [0.2, 0.25) is 0 Å². The first-order valence-corrected chi connectivity index (χ1v) is 9.08. The first kappa shape index (κ1) is 19.1. The number of nitrogens with zero attached hydrogens (tertiary/aromatic N) is 5. The van der Waals surface area contributed by atoms with Crippen molar-refractivity contribution >= 4 is 29.0 Å². The molecule has 1 fully saturated rings. The Labute approximate surface area is 170 Å². The molecule has 0 atom stereocenters. The molecule has 30 heavy (non-hydrogen) atoms. The Morgan fingerprint density at radius 2 is 1.97 bits per heavy atom. The van der Waals surface area contributed by atoms with Crippen molar-refractivity contribution in [2.24, 2.45) is 0 Å². The fourth-order valence-electron chi connectivity index (χ4n) is 3.16. The molecule has 0 unspecified atom stereocenters. The lowest BCUT2D eigenvalue weighted by atomic mass is 10.2. The minimum absolute atomic E-state index is 0.0832. The molecular weight excluding hydrogens is 390 g/mol. The van der Waals surface area contributed by atoms with Gasteiger partial charge in [0.1, 0.15) is 0 Å². The van der Waals surface area contributed by atoms with Gasteiger partial charge in [-0.05, 0) is 37.3 Å². The number of amides is 3. The van der Waals surface area contributed by atoms with Gasteiger partial charge in [-0.1, -0.05) is 11.3 Å². The smallest absolute Gasteiger partial charge is 0.321 e. The second-order valence-corrected chi connectivity index (χ2v) is 6.60. The van der Waals surface area contributed by atoms with Crippen molar-refractivity contribution in [3.8, 4) is 5.69 Å². The number of hydrogen-bond donors (Lipinski definition) is 2. The average molecular weight is 407 g/mol. The molecule has 4 rings (SSSR count). The average Bonchev–Trinajstić information content (AvgIpc) is 3.34. The molecule has 0 saturated carbocycles. The standard InChI is InChI=1S/C19H17N7O4/c1-12-17(22-23-25(12)15-3-2-4-16(11-15)26(29)30)18(27)21-13-5-7-14(8-6-13)24-10-9-20-19(24)28/h2-8,11H,9-10H2,1H3,(H,20,28)(H,21,27). The number of benzene rings is 2. The highest BCUT2D eigenvalue weighted by Crippen LogP contribution is 2.21. The van der Waals surface area contributed by atoms with Crippen LogP contribution in [0.25, 0.3) is 5.69 Å². The highest BCUT2D eigenvalue weighted by molar-refractivity contribution is 6.03. The molecule has 11 heteroatoms. The van der Waals surface area contributed by atoms with Crippen LogP contribution in [-0.2, 0) is 0 Å². The lowest BCUT2D eigenvalue weighted by molar-refractivity contribution is -0.384. The van der Waals surface area contributed by atoms with Gasteiger partial charge in [-0.2, -0.15) is 0 Å². The third-order valence-electron chi connectivity index (χ3n) is 4.69. The fraction of sp³-hybridized carbons (Fsp3) is 0.158.